The Morgan fingerprint density at radius 1 is 1.07 bits per heavy atom. The van der Waals surface area contributed by atoms with Gasteiger partial charge in [-0.25, -0.2) is 0 Å². The molecular weight excluding hydrogens is 352 g/mol. The second kappa shape index (κ2) is 9.37. The van der Waals surface area contributed by atoms with E-state index in [1.165, 1.54) is 4.90 Å². The zero-order valence-corrected chi connectivity index (χ0v) is 17.1. The molecular formula is C23H32N2O3. The maximum Gasteiger partial charge on any atom is 0.277 e. The second-order valence-electron chi connectivity index (χ2n) is 8.05. The Morgan fingerprint density at radius 3 is 2.50 bits per heavy atom. The lowest BCUT2D eigenvalue weighted by atomic mass is 9.96. The van der Waals surface area contributed by atoms with Crippen molar-refractivity contribution in [3.8, 4) is 0 Å². The highest BCUT2D eigenvalue weighted by Crippen LogP contribution is 2.34. The first kappa shape index (κ1) is 20.6. The Kier molecular flexibility index (Phi) is 6.89. The summed E-state index contributed by atoms with van der Waals surface area (Å²) in [7, 11) is 0. The van der Waals surface area contributed by atoms with Crippen LogP contribution in [0.25, 0.3) is 5.57 Å². The first-order chi connectivity index (χ1) is 13.6. The summed E-state index contributed by atoms with van der Waals surface area (Å²) in [6, 6.07) is 7.83. The molecule has 0 saturated carbocycles. The third kappa shape index (κ3) is 4.30. The van der Waals surface area contributed by atoms with E-state index in [4.69, 9.17) is 0 Å². The quantitative estimate of drug-likeness (QED) is 0.551. The Balaban J connectivity index is 1.92. The Labute approximate surface area is 168 Å². The van der Waals surface area contributed by atoms with E-state index in [9.17, 15) is 14.7 Å². The topological polar surface area (TPSA) is 60.9 Å². The van der Waals surface area contributed by atoms with Gasteiger partial charge in [0.15, 0.2) is 0 Å². The SMILES string of the molecule is CCCCCCN1C(=O)C(c2ccc(C)cc2)=C(N2CCCC(CO)C2)C1=O. The van der Waals surface area contributed by atoms with E-state index in [1.807, 2.05) is 36.1 Å². The van der Waals surface area contributed by atoms with Crippen LogP contribution in [0.15, 0.2) is 30.0 Å². The average Bonchev–Trinajstić information content (AvgIpc) is 2.96. The lowest BCUT2D eigenvalue weighted by molar-refractivity contribution is -0.137. The lowest BCUT2D eigenvalue weighted by Gasteiger charge is -2.34. The van der Waals surface area contributed by atoms with Crippen LogP contribution in [-0.2, 0) is 9.59 Å². The van der Waals surface area contributed by atoms with Gasteiger partial charge in [0.25, 0.3) is 11.8 Å². The molecule has 0 spiro atoms. The summed E-state index contributed by atoms with van der Waals surface area (Å²) >= 11 is 0. The van der Waals surface area contributed by atoms with Gasteiger partial charge in [-0.15, -0.1) is 0 Å². The maximum atomic E-state index is 13.3. The van der Waals surface area contributed by atoms with Gasteiger partial charge >= 0.3 is 0 Å². The number of aryl methyl sites for hydroxylation is 1. The molecule has 152 valence electrons. The van der Waals surface area contributed by atoms with Gasteiger partial charge in [0.1, 0.15) is 5.70 Å². The smallest absolute Gasteiger partial charge is 0.277 e. The van der Waals surface area contributed by atoms with Gasteiger partial charge in [0, 0.05) is 26.2 Å². The van der Waals surface area contributed by atoms with Crippen LogP contribution in [0.3, 0.4) is 0 Å². The lowest BCUT2D eigenvalue weighted by Crippen LogP contribution is -2.40. The van der Waals surface area contributed by atoms with Crippen molar-refractivity contribution in [1.29, 1.82) is 0 Å². The molecule has 2 amide bonds. The van der Waals surface area contributed by atoms with Gasteiger partial charge in [0.05, 0.1) is 5.57 Å². The van der Waals surface area contributed by atoms with E-state index < -0.39 is 0 Å². The van der Waals surface area contributed by atoms with Crippen molar-refractivity contribution in [2.75, 3.05) is 26.2 Å². The Bertz CT molecular complexity index is 739. The monoisotopic (exact) mass is 384 g/mol. The second-order valence-corrected chi connectivity index (χ2v) is 8.05. The van der Waals surface area contributed by atoms with Gasteiger partial charge in [-0.3, -0.25) is 14.5 Å². The summed E-state index contributed by atoms with van der Waals surface area (Å²) in [5.74, 6) is -0.191. The molecule has 2 aliphatic heterocycles. The van der Waals surface area contributed by atoms with Crippen LogP contribution in [-0.4, -0.2) is 53.0 Å². The van der Waals surface area contributed by atoms with Crippen LogP contribution in [0, 0.1) is 12.8 Å². The molecule has 0 aliphatic carbocycles. The molecule has 28 heavy (non-hydrogen) atoms. The van der Waals surface area contributed by atoms with Crippen molar-refractivity contribution < 1.29 is 14.7 Å². The normalized spacial score (nSPS) is 20.5. The molecule has 5 heteroatoms. The van der Waals surface area contributed by atoms with Crippen molar-refractivity contribution in [3.63, 3.8) is 0 Å². The van der Waals surface area contributed by atoms with Crippen LogP contribution in [0.2, 0.25) is 0 Å². The van der Waals surface area contributed by atoms with Crippen molar-refractivity contribution in [2.45, 2.75) is 52.4 Å². The number of nitrogens with zero attached hydrogens (tertiary/aromatic N) is 2. The van der Waals surface area contributed by atoms with Gasteiger partial charge in [0.2, 0.25) is 0 Å². The molecule has 1 unspecified atom stereocenters. The molecule has 1 aromatic rings. The summed E-state index contributed by atoms with van der Waals surface area (Å²) < 4.78 is 0. The highest BCUT2D eigenvalue weighted by molar-refractivity contribution is 6.35. The van der Waals surface area contributed by atoms with Crippen molar-refractivity contribution in [3.05, 3.63) is 41.1 Å². The van der Waals surface area contributed by atoms with Gasteiger partial charge in [-0.05, 0) is 37.7 Å². The highest BCUT2D eigenvalue weighted by Gasteiger charge is 2.42. The fourth-order valence-electron chi connectivity index (χ4n) is 4.15. The number of hydrogen-bond acceptors (Lipinski definition) is 4. The third-order valence-corrected chi connectivity index (χ3v) is 5.81. The third-order valence-electron chi connectivity index (χ3n) is 5.81. The van der Waals surface area contributed by atoms with Gasteiger partial charge in [-0.2, -0.15) is 0 Å². The number of carbonyl (C=O) groups is 2. The summed E-state index contributed by atoms with van der Waals surface area (Å²) in [5, 5.41) is 9.60. The minimum Gasteiger partial charge on any atom is -0.396 e. The number of piperidine rings is 1. The van der Waals surface area contributed by atoms with Crippen molar-refractivity contribution in [2.24, 2.45) is 5.92 Å². The first-order valence-electron chi connectivity index (χ1n) is 10.6. The number of amides is 2. The number of aliphatic hydroxyl groups excluding tert-OH is 1. The zero-order valence-electron chi connectivity index (χ0n) is 17.1. The fraction of sp³-hybridized carbons (Fsp3) is 0.565. The van der Waals surface area contributed by atoms with Crippen molar-refractivity contribution in [1.82, 2.24) is 9.80 Å². The molecule has 5 nitrogen and oxygen atoms in total. The molecule has 1 fully saturated rings. The van der Waals surface area contributed by atoms with Crippen molar-refractivity contribution >= 4 is 17.4 Å². The summed E-state index contributed by atoms with van der Waals surface area (Å²) in [5.41, 5.74) is 2.99. The molecule has 3 rings (SSSR count). The van der Waals surface area contributed by atoms with E-state index in [0.29, 0.717) is 24.4 Å². The number of likely N-dealkylation sites (tertiary alicyclic amines) is 1. The van der Waals surface area contributed by atoms with E-state index >= 15 is 0 Å². The minimum absolute atomic E-state index is 0.118. The molecule has 0 radical (unpaired) electrons. The average molecular weight is 385 g/mol. The molecule has 0 bridgehead atoms. The van der Waals surface area contributed by atoms with E-state index in [1.54, 1.807) is 0 Å². The first-order valence-corrected chi connectivity index (χ1v) is 10.6. The van der Waals surface area contributed by atoms with Crippen LogP contribution < -0.4 is 0 Å². The number of benzene rings is 1. The standard InChI is InChI=1S/C23H32N2O3/c1-3-4-5-6-14-25-22(27)20(19-11-9-17(2)10-12-19)21(23(25)28)24-13-7-8-18(15-24)16-26/h9-12,18,26H,3-8,13-16H2,1-2H3. The molecule has 2 heterocycles. The Morgan fingerprint density at radius 2 is 1.82 bits per heavy atom. The predicted octanol–water partition coefficient (Wildman–Crippen LogP) is 3.36. The van der Waals surface area contributed by atoms with Crippen LogP contribution in [0.5, 0.6) is 0 Å². The number of hydrogen-bond donors (Lipinski definition) is 1. The van der Waals surface area contributed by atoms with E-state index in [2.05, 4.69) is 6.92 Å². The largest absolute Gasteiger partial charge is 0.396 e. The Hall–Kier alpha value is -2.14. The van der Waals surface area contributed by atoms with E-state index in [0.717, 1.165) is 56.2 Å². The highest BCUT2D eigenvalue weighted by atomic mass is 16.3. The molecule has 1 aromatic carbocycles. The maximum absolute atomic E-state index is 13.3. The van der Waals surface area contributed by atoms with E-state index in [-0.39, 0.29) is 24.3 Å². The number of carbonyl (C=O) groups excluding carboxylic acids is 2. The predicted molar refractivity (Wildman–Crippen MR) is 110 cm³/mol. The van der Waals surface area contributed by atoms with Crippen LogP contribution in [0.4, 0.5) is 0 Å². The number of unbranched alkanes of at least 4 members (excludes halogenated alkanes) is 3. The number of aliphatic hydroxyl groups is 1. The molecule has 1 atom stereocenters. The summed E-state index contributed by atoms with van der Waals surface area (Å²) in [4.78, 5) is 30.0. The van der Waals surface area contributed by atoms with Gasteiger partial charge in [-0.1, -0.05) is 56.0 Å². The molecule has 2 aliphatic rings. The fourth-order valence-corrected chi connectivity index (χ4v) is 4.15. The molecule has 1 saturated heterocycles. The zero-order chi connectivity index (χ0) is 20.1. The van der Waals surface area contributed by atoms with Gasteiger partial charge < -0.3 is 10.0 Å². The number of rotatable bonds is 8. The summed E-state index contributed by atoms with van der Waals surface area (Å²) in [6.07, 6.45) is 6.00. The molecule has 0 aromatic heterocycles. The number of imide groups is 1. The molecule has 1 N–H and O–H groups in total. The minimum atomic E-state index is -0.175. The summed E-state index contributed by atoms with van der Waals surface area (Å²) in [6.45, 7) is 6.14. The van der Waals surface area contributed by atoms with Crippen LogP contribution in [0.1, 0.15) is 56.6 Å². The van der Waals surface area contributed by atoms with Crippen LogP contribution >= 0.6 is 0 Å².